The van der Waals surface area contributed by atoms with Crippen molar-refractivity contribution in [2.75, 3.05) is 13.1 Å². The summed E-state index contributed by atoms with van der Waals surface area (Å²) in [6, 6.07) is 28.0. The van der Waals surface area contributed by atoms with E-state index in [1.54, 1.807) is 0 Å². The standard InChI is InChI=1S/C32H38N4O/c1-24-13-11-14-25(21-24)22-35-23-28(26-15-7-5-8-16-26)34-30(35)29(32(2,3)4)36(20-12-19-33)31(37)27-17-9-6-10-18-27/h5-11,13-18,21,23,29H,12,19-20,22,33H2,1-4H3. The van der Waals surface area contributed by atoms with E-state index in [0.717, 1.165) is 23.5 Å². The van der Waals surface area contributed by atoms with Crippen LogP contribution in [0.1, 0.15) is 60.5 Å². The van der Waals surface area contributed by atoms with E-state index >= 15 is 0 Å². The predicted molar refractivity (Wildman–Crippen MR) is 151 cm³/mol. The van der Waals surface area contributed by atoms with Crippen LogP contribution >= 0.6 is 0 Å². The number of nitrogens with zero attached hydrogens (tertiary/aromatic N) is 3. The molecule has 1 atom stereocenters. The molecule has 4 rings (SSSR count). The summed E-state index contributed by atoms with van der Waals surface area (Å²) in [6.07, 6.45) is 2.84. The minimum Gasteiger partial charge on any atom is -0.330 e. The van der Waals surface area contributed by atoms with Crippen molar-refractivity contribution < 1.29 is 4.79 Å². The van der Waals surface area contributed by atoms with E-state index < -0.39 is 0 Å². The van der Waals surface area contributed by atoms with Crippen molar-refractivity contribution >= 4 is 5.91 Å². The Hall–Kier alpha value is -3.70. The number of rotatable bonds is 9. The highest BCUT2D eigenvalue weighted by Gasteiger charge is 2.38. The van der Waals surface area contributed by atoms with E-state index in [0.29, 0.717) is 25.2 Å². The van der Waals surface area contributed by atoms with Crippen molar-refractivity contribution in [3.05, 3.63) is 114 Å². The summed E-state index contributed by atoms with van der Waals surface area (Å²) in [5.41, 5.74) is 10.7. The highest BCUT2D eigenvalue weighted by atomic mass is 16.2. The van der Waals surface area contributed by atoms with Gasteiger partial charge >= 0.3 is 0 Å². The van der Waals surface area contributed by atoms with Crippen LogP contribution in [0.25, 0.3) is 11.3 Å². The molecule has 0 fully saturated rings. The van der Waals surface area contributed by atoms with Gasteiger partial charge in [0.05, 0.1) is 11.7 Å². The molecular formula is C32H38N4O. The van der Waals surface area contributed by atoms with Crippen LogP contribution in [0.4, 0.5) is 0 Å². The van der Waals surface area contributed by atoms with E-state index in [1.165, 1.54) is 11.1 Å². The van der Waals surface area contributed by atoms with Crippen molar-refractivity contribution in [2.24, 2.45) is 11.1 Å². The Bertz CT molecular complexity index is 1310. The lowest BCUT2D eigenvalue weighted by Gasteiger charge is -2.40. The minimum absolute atomic E-state index is 0.000316. The number of amides is 1. The van der Waals surface area contributed by atoms with Crippen molar-refractivity contribution in [1.82, 2.24) is 14.5 Å². The van der Waals surface area contributed by atoms with Crippen LogP contribution in [0.5, 0.6) is 0 Å². The molecule has 0 saturated heterocycles. The largest absolute Gasteiger partial charge is 0.330 e. The fourth-order valence-corrected chi connectivity index (χ4v) is 4.88. The van der Waals surface area contributed by atoms with Gasteiger partial charge in [-0.15, -0.1) is 0 Å². The van der Waals surface area contributed by atoms with Crippen molar-refractivity contribution in [3.63, 3.8) is 0 Å². The van der Waals surface area contributed by atoms with Crippen LogP contribution in [-0.4, -0.2) is 33.4 Å². The molecule has 0 bridgehead atoms. The van der Waals surface area contributed by atoms with Crippen LogP contribution in [0.2, 0.25) is 0 Å². The Labute approximate surface area is 221 Å². The summed E-state index contributed by atoms with van der Waals surface area (Å²) < 4.78 is 2.22. The number of carbonyl (C=O) groups is 1. The zero-order valence-electron chi connectivity index (χ0n) is 22.4. The number of hydrogen-bond donors (Lipinski definition) is 1. The third-order valence-electron chi connectivity index (χ3n) is 6.57. The van der Waals surface area contributed by atoms with Crippen molar-refractivity contribution in [2.45, 2.75) is 46.7 Å². The monoisotopic (exact) mass is 494 g/mol. The van der Waals surface area contributed by atoms with Crippen molar-refractivity contribution in [3.8, 4) is 11.3 Å². The number of hydrogen-bond acceptors (Lipinski definition) is 3. The predicted octanol–water partition coefficient (Wildman–Crippen LogP) is 6.49. The van der Waals surface area contributed by atoms with Gasteiger partial charge in [-0.25, -0.2) is 4.98 Å². The summed E-state index contributed by atoms with van der Waals surface area (Å²) in [7, 11) is 0. The number of carbonyl (C=O) groups excluding carboxylic acids is 1. The molecule has 37 heavy (non-hydrogen) atoms. The van der Waals surface area contributed by atoms with Gasteiger partial charge in [-0.05, 0) is 43.0 Å². The maximum atomic E-state index is 14.0. The first-order valence-corrected chi connectivity index (χ1v) is 13.0. The van der Waals surface area contributed by atoms with Crippen LogP contribution in [0, 0.1) is 12.3 Å². The first-order valence-electron chi connectivity index (χ1n) is 13.0. The van der Waals surface area contributed by atoms with E-state index in [2.05, 4.69) is 74.9 Å². The van der Waals surface area contributed by atoms with Crippen LogP contribution in [0.15, 0.2) is 91.1 Å². The minimum atomic E-state index is -0.275. The fourth-order valence-electron chi connectivity index (χ4n) is 4.88. The second-order valence-electron chi connectivity index (χ2n) is 10.7. The second kappa shape index (κ2) is 11.6. The number of benzene rings is 3. The highest BCUT2D eigenvalue weighted by molar-refractivity contribution is 5.94. The molecule has 0 saturated carbocycles. The van der Waals surface area contributed by atoms with Gasteiger partial charge in [0.2, 0.25) is 0 Å². The Morgan fingerprint density at radius 3 is 2.27 bits per heavy atom. The number of aryl methyl sites for hydroxylation is 1. The maximum Gasteiger partial charge on any atom is 0.254 e. The lowest BCUT2D eigenvalue weighted by molar-refractivity contribution is 0.0482. The normalized spacial score (nSPS) is 12.4. The maximum absolute atomic E-state index is 14.0. The molecule has 0 aliphatic carbocycles. The Morgan fingerprint density at radius 2 is 1.65 bits per heavy atom. The number of nitrogens with two attached hydrogens (primary N) is 1. The van der Waals surface area contributed by atoms with E-state index in [-0.39, 0.29) is 17.4 Å². The van der Waals surface area contributed by atoms with Gasteiger partial charge in [0, 0.05) is 30.4 Å². The quantitative estimate of drug-likeness (QED) is 0.289. The van der Waals surface area contributed by atoms with Gasteiger partial charge in [-0.1, -0.05) is 99.1 Å². The second-order valence-corrected chi connectivity index (χ2v) is 10.7. The van der Waals surface area contributed by atoms with E-state index in [9.17, 15) is 4.79 Å². The molecule has 0 aliphatic heterocycles. The summed E-state index contributed by atoms with van der Waals surface area (Å²) in [5, 5.41) is 0. The molecule has 192 valence electrons. The zero-order valence-corrected chi connectivity index (χ0v) is 22.4. The van der Waals surface area contributed by atoms with Crippen LogP contribution in [-0.2, 0) is 6.54 Å². The molecule has 5 heteroatoms. The van der Waals surface area contributed by atoms with Gasteiger partial charge in [-0.3, -0.25) is 4.79 Å². The first-order chi connectivity index (χ1) is 17.8. The number of imidazole rings is 1. The molecule has 3 aromatic carbocycles. The molecule has 1 aromatic heterocycles. The molecule has 1 unspecified atom stereocenters. The highest BCUT2D eigenvalue weighted by Crippen LogP contribution is 2.40. The molecular weight excluding hydrogens is 456 g/mol. The topological polar surface area (TPSA) is 64.2 Å². The lowest BCUT2D eigenvalue weighted by Crippen LogP contribution is -2.43. The molecule has 5 nitrogen and oxygen atoms in total. The molecule has 0 aliphatic rings. The molecule has 0 spiro atoms. The summed E-state index contributed by atoms with van der Waals surface area (Å²) in [5.74, 6) is 0.884. The molecule has 1 heterocycles. The van der Waals surface area contributed by atoms with Gasteiger partial charge in [0.25, 0.3) is 5.91 Å². The number of aromatic nitrogens is 2. The van der Waals surface area contributed by atoms with Gasteiger partial charge < -0.3 is 15.2 Å². The Morgan fingerprint density at radius 1 is 0.973 bits per heavy atom. The fraction of sp³-hybridized carbons (Fsp3) is 0.312. The average Bonchev–Trinajstić information content (AvgIpc) is 3.29. The molecule has 4 aromatic rings. The molecule has 0 radical (unpaired) electrons. The van der Waals surface area contributed by atoms with Crippen LogP contribution < -0.4 is 5.73 Å². The Balaban J connectivity index is 1.86. The first kappa shape index (κ1) is 26.4. The third-order valence-corrected chi connectivity index (χ3v) is 6.57. The summed E-state index contributed by atoms with van der Waals surface area (Å²) in [6.45, 7) is 10.4. The van der Waals surface area contributed by atoms with Crippen molar-refractivity contribution in [1.29, 1.82) is 0 Å². The Kier molecular flexibility index (Phi) is 8.24. The summed E-state index contributed by atoms with van der Waals surface area (Å²) >= 11 is 0. The molecule has 1 amide bonds. The zero-order chi connectivity index (χ0) is 26.4. The lowest BCUT2D eigenvalue weighted by atomic mass is 9.84. The van der Waals surface area contributed by atoms with E-state index in [1.807, 2.05) is 53.4 Å². The van der Waals surface area contributed by atoms with Gasteiger partial charge in [0.15, 0.2) is 0 Å². The van der Waals surface area contributed by atoms with Crippen LogP contribution in [0.3, 0.4) is 0 Å². The smallest absolute Gasteiger partial charge is 0.254 e. The molecule has 2 N–H and O–H groups in total. The third kappa shape index (κ3) is 6.36. The summed E-state index contributed by atoms with van der Waals surface area (Å²) in [4.78, 5) is 21.1. The van der Waals surface area contributed by atoms with Gasteiger partial charge in [0.1, 0.15) is 5.82 Å². The average molecular weight is 495 g/mol. The SMILES string of the molecule is Cc1cccc(Cn2cc(-c3ccccc3)nc2C(N(CCCN)C(=O)c2ccccc2)C(C)(C)C)c1. The van der Waals surface area contributed by atoms with Gasteiger partial charge in [-0.2, -0.15) is 0 Å². The van der Waals surface area contributed by atoms with E-state index in [4.69, 9.17) is 10.7 Å².